The first-order chi connectivity index (χ1) is 5.54. The van der Waals surface area contributed by atoms with Gasteiger partial charge in [-0.25, -0.2) is 0 Å². The van der Waals surface area contributed by atoms with E-state index in [4.69, 9.17) is 3.32 Å². The molecule has 1 aromatic carbocycles. The Labute approximate surface area is 110 Å². The van der Waals surface area contributed by atoms with Crippen LogP contribution in [0.4, 0.5) is 0 Å². The van der Waals surface area contributed by atoms with Gasteiger partial charge >= 0.3 is 85.9 Å². The zero-order valence-electron chi connectivity index (χ0n) is 8.53. The first-order valence-corrected chi connectivity index (χ1v) is 4.62. The molecule has 1 nitrogen and oxygen atoms in total. The Kier molecular flexibility index (Phi) is 8.05. The summed E-state index contributed by atoms with van der Waals surface area (Å²) < 4.78 is 5.15. The molecule has 0 aliphatic rings. The summed E-state index contributed by atoms with van der Waals surface area (Å²) in [4.78, 5) is 0. The zero-order chi connectivity index (χ0) is 9.19. The standard InChI is InChI=1S/C10H14O.2ClH.Ti/c1-10(2,3)8-5-4-6-9(11)7-8;;;/h4-7,11H,1-3H3;2*1H;/q;;;+1/p-1. The smallest absolute Gasteiger partial charge is 0.147 e. The summed E-state index contributed by atoms with van der Waals surface area (Å²) in [5, 5.41) is 0. The van der Waals surface area contributed by atoms with Gasteiger partial charge in [0.2, 0.25) is 0 Å². The fourth-order valence-corrected chi connectivity index (χ4v) is 1.22. The van der Waals surface area contributed by atoms with Gasteiger partial charge in [-0.15, -0.1) is 24.8 Å². The molecule has 0 aromatic heterocycles. The Balaban J connectivity index is 0. The van der Waals surface area contributed by atoms with Crippen LogP contribution in [-0.4, -0.2) is 0 Å². The van der Waals surface area contributed by atoms with Crippen LogP contribution in [0.2, 0.25) is 0 Å². The fourth-order valence-electron chi connectivity index (χ4n) is 1.03. The Morgan fingerprint density at radius 1 is 1.14 bits per heavy atom. The van der Waals surface area contributed by atoms with E-state index in [2.05, 4.69) is 32.9 Å². The van der Waals surface area contributed by atoms with Gasteiger partial charge in [0.25, 0.3) is 0 Å². The molecule has 0 N–H and O–H groups in total. The van der Waals surface area contributed by atoms with Gasteiger partial charge < -0.3 is 0 Å². The number of hydrogen-bond donors (Lipinski definition) is 0. The molecule has 0 amide bonds. The van der Waals surface area contributed by atoms with Gasteiger partial charge in [0.15, 0.2) is 0 Å². The molecule has 0 spiro atoms. The van der Waals surface area contributed by atoms with Gasteiger partial charge in [-0.3, -0.25) is 0 Å². The number of rotatable bonds is 1. The summed E-state index contributed by atoms with van der Waals surface area (Å²) in [7, 11) is 0. The molecule has 1 aromatic rings. The number of benzene rings is 1. The Morgan fingerprint density at radius 3 is 2.14 bits per heavy atom. The maximum atomic E-state index is 5.15. The molecular weight excluding hydrogens is 255 g/mol. The van der Waals surface area contributed by atoms with Crippen molar-refractivity contribution in [3.8, 4) is 5.75 Å². The second-order valence-corrected chi connectivity index (χ2v) is 4.20. The molecular formula is C10H15Cl2OTi. The van der Waals surface area contributed by atoms with E-state index < -0.39 is 0 Å². The summed E-state index contributed by atoms with van der Waals surface area (Å²) in [6.07, 6.45) is 0. The van der Waals surface area contributed by atoms with Crippen LogP contribution in [0, 0.1) is 0 Å². The Hall–Kier alpha value is 0.314. The van der Waals surface area contributed by atoms with Crippen LogP contribution in [0.5, 0.6) is 5.75 Å². The van der Waals surface area contributed by atoms with Gasteiger partial charge in [0.1, 0.15) is 0 Å². The van der Waals surface area contributed by atoms with E-state index in [1.165, 1.54) is 5.56 Å². The molecule has 0 unspecified atom stereocenters. The van der Waals surface area contributed by atoms with E-state index in [0.29, 0.717) is 0 Å². The number of halogens is 2. The third-order valence-corrected chi connectivity index (χ3v) is 2.19. The van der Waals surface area contributed by atoms with E-state index in [-0.39, 0.29) is 30.2 Å². The van der Waals surface area contributed by atoms with Crippen LogP contribution in [0.25, 0.3) is 0 Å². The average molecular weight is 270 g/mol. The Bertz CT molecular complexity index is 271. The molecule has 79 valence electrons. The van der Waals surface area contributed by atoms with E-state index in [0.717, 1.165) is 5.75 Å². The molecule has 0 atom stereocenters. The maximum Gasteiger partial charge on any atom is -0.147 e. The van der Waals surface area contributed by atoms with E-state index in [1.54, 1.807) is 20.8 Å². The molecule has 1 rings (SSSR count). The van der Waals surface area contributed by atoms with E-state index >= 15 is 0 Å². The van der Waals surface area contributed by atoms with Crippen LogP contribution < -0.4 is 3.32 Å². The molecule has 0 radical (unpaired) electrons. The molecule has 0 saturated carbocycles. The van der Waals surface area contributed by atoms with E-state index in [9.17, 15) is 0 Å². The summed E-state index contributed by atoms with van der Waals surface area (Å²) in [6.45, 7) is 6.59. The van der Waals surface area contributed by atoms with Crippen molar-refractivity contribution in [2.24, 2.45) is 0 Å². The van der Waals surface area contributed by atoms with E-state index in [1.807, 2.05) is 12.1 Å². The fraction of sp³-hybridized carbons (Fsp3) is 0.400. The van der Waals surface area contributed by atoms with Crippen molar-refractivity contribution in [1.82, 2.24) is 0 Å². The average Bonchev–Trinajstić information content (AvgIpc) is 2.03. The summed E-state index contributed by atoms with van der Waals surface area (Å²) in [5.74, 6) is 0.933. The van der Waals surface area contributed by atoms with Gasteiger partial charge in [-0.1, -0.05) is 0 Å². The van der Waals surface area contributed by atoms with Crippen molar-refractivity contribution in [2.75, 3.05) is 0 Å². The molecule has 0 aliphatic carbocycles. The summed E-state index contributed by atoms with van der Waals surface area (Å²) >= 11 is 1.70. The largest absolute Gasteiger partial charge is 0.147 e. The quantitative estimate of drug-likeness (QED) is 0.707. The minimum atomic E-state index is 0. The predicted molar refractivity (Wildman–Crippen MR) is 60.3 cm³/mol. The minimum Gasteiger partial charge on any atom is -0.147 e. The maximum absolute atomic E-state index is 5.15. The van der Waals surface area contributed by atoms with Crippen LogP contribution in [0.15, 0.2) is 24.3 Å². The molecule has 4 heteroatoms. The van der Waals surface area contributed by atoms with Crippen molar-refractivity contribution in [2.45, 2.75) is 26.2 Å². The second-order valence-electron chi connectivity index (χ2n) is 3.88. The second kappa shape index (κ2) is 6.73. The minimum absolute atomic E-state index is 0. The van der Waals surface area contributed by atoms with Crippen LogP contribution in [-0.2, 0) is 26.2 Å². The van der Waals surface area contributed by atoms with Crippen molar-refractivity contribution in [1.29, 1.82) is 0 Å². The third-order valence-electron chi connectivity index (χ3n) is 1.82. The van der Waals surface area contributed by atoms with Gasteiger partial charge in [-0.2, -0.15) is 0 Å². The summed E-state index contributed by atoms with van der Waals surface area (Å²) in [6, 6.07) is 8.21. The van der Waals surface area contributed by atoms with Crippen molar-refractivity contribution < 1.29 is 24.1 Å². The third kappa shape index (κ3) is 4.70. The van der Waals surface area contributed by atoms with Crippen LogP contribution >= 0.6 is 24.8 Å². The normalized spacial score (nSPS) is 9.57. The molecule has 0 bridgehead atoms. The van der Waals surface area contributed by atoms with Crippen LogP contribution in [0.3, 0.4) is 0 Å². The number of hydrogen-bond acceptors (Lipinski definition) is 1. The Morgan fingerprint density at radius 2 is 1.71 bits per heavy atom. The molecule has 0 saturated heterocycles. The molecule has 0 heterocycles. The van der Waals surface area contributed by atoms with Crippen molar-refractivity contribution in [3.05, 3.63) is 29.8 Å². The van der Waals surface area contributed by atoms with Crippen LogP contribution in [0.1, 0.15) is 26.3 Å². The molecule has 14 heavy (non-hydrogen) atoms. The monoisotopic (exact) mass is 269 g/mol. The predicted octanol–water partition coefficient (Wildman–Crippen LogP) is 3.67. The van der Waals surface area contributed by atoms with Gasteiger partial charge in [0.05, 0.1) is 0 Å². The SMILES string of the molecule is CC(C)(C)c1cccc([O][Ti])c1.Cl.Cl. The van der Waals surface area contributed by atoms with Crippen molar-refractivity contribution in [3.63, 3.8) is 0 Å². The first-order valence-electron chi connectivity index (χ1n) is 3.98. The van der Waals surface area contributed by atoms with Gasteiger partial charge in [0, 0.05) is 0 Å². The summed E-state index contributed by atoms with van der Waals surface area (Å²) in [5.41, 5.74) is 1.51. The molecule has 0 aliphatic heterocycles. The van der Waals surface area contributed by atoms with Gasteiger partial charge in [-0.05, 0) is 0 Å². The topological polar surface area (TPSA) is 9.23 Å². The first kappa shape index (κ1) is 16.7. The molecule has 0 fully saturated rings. The zero-order valence-corrected chi connectivity index (χ0v) is 11.7. The van der Waals surface area contributed by atoms with Crippen molar-refractivity contribution >= 4 is 24.8 Å².